The summed E-state index contributed by atoms with van der Waals surface area (Å²) in [6.07, 6.45) is 0.693. The van der Waals surface area contributed by atoms with E-state index in [4.69, 9.17) is 14.3 Å². The van der Waals surface area contributed by atoms with Crippen LogP contribution in [0.5, 0.6) is 11.5 Å². The number of carbonyl (C=O) groups is 1. The minimum absolute atomic E-state index is 0.0547. The fourth-order valence-corrected chi connectivity index (χ4v) is 7.84. The average molecular weight is 581 g/mol. The van der Waals surface area contributed by atoms with Gasteiger partial charge in [0.15, 0.2) is 0 Å². The van der Waals surface area contributed by atoms with Gasteiger partial charge in [0.1, 0.15) is 23.6 Å². The van der Waals surface area contributed by atoms with E-state index in [1.807, 2.05) is 56.3 Å². The van der Waals surface area contributed by atoms with Crippen LogP contribution < -0.4 is 14.8 Å². The fraction of sp³-hybridized carbons (Fsp3) is 0.618. The minimum atomic E-state index is -0.851. The molecule has 3 aliphatic carbocycles. The molecular weight excluding hydrogens is 532 g/mol. The van der Waals surface area contributed by atoms with Crippen molar-refractivity contribution in [2.24, 2.45) is 29.1 Å². The van der Waals surface area contributed by atoms with Gasteiger partial charge in [-0.25, -0.2) is 0 Å². The number of carbonyl (C=O) groups excluding carboxylic acids is 1. The molecule has 2 aromatic carbocycles. The Morgan fingerprint density at radius 3 is 2.52 bits per heavy atom. The number of hydrogen-bond donors (Lipinski definition) is 3. The van der Waals surface area contributed by atoms with Crippen LogP contribution >= 0.6 is 0 Å². The number of hydrogen-bond acceptors (Lipinski definition) is 7. The second-order valence-electron chi connectivity index (χ2n) is 13.4. The molecule has 1 amide bonds. The molecule has 42 heavy (non-hydrogen) atoms. The summed E-state index contributed by atoms with van der Waals surface area (Å²) in [5.74, 6) is 2.26. The maximum Gasteiger partial charge on any atom is 0.240 e. The van der Waals surface area contributed by atoms with Gasteiger partial charge in [-0.3, -0.25) is 9.63 Å². The first-order chi connectivity index (χ1) is 20.0. The average Bonchev–Trinajstić information content (AvgIpc) is 3.32. The molecule has 8 atom stereocenters. The van der Waals surface area contributed by atoms with Gasteiger partial charge in [0.05, 0.1) is 32.5 Å². The zero-order chi connectivity index (χ0) is 30.3. The first-order valence-corrected chi connectivity index (χ1v) is 15.4. The minimum Gasteiger partial charge on any atom is -0.496 e. The van der Waals surface area contributed by atoms with Crippen molar-refractivity contribution in [1.82, 2.24) is 10.4 Å². The number of para-hydroxylation sites is 1. The third-order valence-electron chi connectivity index (χ3n) is 10.2. The van der Waals surface area contributed by atoms with Crippen molar-refractivity contribution in [1.29, 1.82) is 0 Å². The van der Waals surface area contributed by atoms with Gasteiger partial charge in [-0.05, 0) is 74.5 Å². The Morgan fingerprint density at radius 1 is 1.17 bits per heavy atom. The van der Waals surface area contributed by atoms with E-state index in [1.54, 1.807) is 19.1 Å². The van der Waals surface area contributed by atoms with Crippen LogP contribution in [0, 0.1) is 29.1 Å². The fourth-order valence-electron chi connectivity index (χ4n) is 7.84. The normalized spacial score (nSPS) is 31.0. The highest BCUT2D eigenvalue weighted by atomic mass is 16.7. The molecule has 8 heteroatoms. The van der Waals surface area contributed by atoms with Crippen LogP contribution in [0.15, 0.2) is 42.5 Å². The molecule has 3 saturated carbocycles. The van der Waals surface area contributed by atoms with Crippen LogP contribution in [0.3, 0.4) is 0 Å². The SMILES string of the molecule is COc1c(CN2O[C@@H](CO)[C@H]([C@H](C)O)C2C(=O)N[C@H]2C[C@H]3C[C@@H]([C@@H]2C)C3(C)C)cccc1-c1cccc(OC(C)C)c1. The number of rotatable bonds is 10. The summed E-state index contributed by atoms with van der Waals surface area (Å²) in [4.78, 5) is 20.2. The largest absolute Gasteiger partial charge is 0.496 e. The van der Waals surface area contributed by atoms with Gasteiger partial charge in [0.2, 0.25) is 5.91 Å². The summed E-state index contributed by atoms with van der Waals surface area (Å²) in [6.45, 7) is 12.5. The van der Waals surface area contributed by atoms with E-state index >= 15 is 0 Å². The van der Waals surface area contributed by atoms with E-state index in [0.717, 1.165) is 28.9 Å². The molecule has 3 N–H and O–H groups in total. The second-order valence-corrected chi connectivity index (χ2v) is 13.4. The Bertz CT molecular complexity index is 1260. The topological polar surface area (TPSA) is 100 Å². The Morgan fingerprint density at radius 2 is 1.90 bits per heavy atom. The quantitative estimate of drug-likeness (QED) is 0.371. The number of benzene rings is 2. The van der Waals surface area contributed by atoms with Crippen LogP contribution in [0.2, 0.25) is 0 Å². The smallest absolute Gasteiger partial charge is 0.240 e. The summed E-state index contributed by atoms with van der Waals surface area (Å²) < 4.78 is 11.9. The summed E-state index contributed by atoms with van der Waals surface area (Å²) in [7, 11) is 1.64. The van der Waals surface area contributed by atoms with Crippen molar-refractivity contribution in [2.45, 2.75) is 91.3 Å². The van der Waals surface area contributed by atoms with Gasteiger partial charge in [0.25, 0.3) is 0 Å². The Balaban J connectivity index is 1.42. The molecule has 0 aromatic heterocycles. The maximum atomic E-state index is 14.0. The summed E-state index contributed by atoms with van der Waals surface area (Å²) >= 11 is 0. The van der Waals surface area contributed by atoms with Gasteiger partial charge in [-0.2, -0.15) is 5.06 Å². The Labute approximate surface area is 250 Å². The van der Waals surface area contributed by atoms with Crippen LogP contribution in [-0.4, -0.2) is 65.3 Å². The molecule has 1 saturated heterocycles. The highest BCUT2D eigenvalue weighted by Gasteiger charge is 2.57. The van der Waals surface area contributed by atoms with Crippen molar-refractivity contribution < 1.29 is 29.3 Å². The van der Waals surface area contributed by atoms with Crippen molar-refractivity contribution in [2.75, 3.05) is 13.7 Å². The lowest BCUT2D eigenvalue weighted by atomic mass is 9.45. The van der Waals surface area contributed by atoms with Crippen molar-refractivity contribution in [3.05, 3.63) is 48.0 Å². The third-order valence-corrected chi connectivity index (χ3v) is 10.2. The Hall–Kier alpha value is -2.65. The number of methoxy groups -OCH3 is 1. The van der Waals surface area contributed by atoms with Crippen LogP contribution in [-0.2, 0) is 16.2 Å². The number of aliphatic hydroxyl groups excluding tert-OH is 2. The molecule has 1 heterocycles. The van der Waals surface area contributed by atoms with Gasteiger partial charge in [-0.1, -0.05) is 51.1 Å². The predicted molar refractivity (Wildman–Crippen MR) is 162 cm³/mol. The lowest BCUT2D eigenvalue weighted by Crippen LogP contribution is -2.62. The van der Waals surface area contributed by atoms with E-state index in [-0.39, 0.29) is 31.2 Å². The second kappa shape index (κ2) is 12.2. The van der Waals surface area contributed by atoms with Gasteiger partial charge in [0, 0.05) is 23.1 Å². The van der Waals surface area contributed by atoms with Gasteiger partial charge >= 0.3 is 0 Å². The third kappa shape index (κ3) is 5.66. The van der Waals surface area contributed by atoms with E-state index in [0.29, 0.717) is 28.9 Å². The standard InChI is InChI=1S/C34H48N2O6/c1-19(2)41-25-12-8-10-22(14-25)26-13-9-11-23(32(26)40-7)17-36-31(30(21(4)38)29(18-37)42-36)33(39)35-28-16-24-15-27(20(28)3)34(24,5)6/h8-14,19-21,24,27-31,37-38H,15-18H2,1-7H3,(H,35,39)/t20-,21-,24+,27-,28-,29-,30-,31?/m0/s1. The zero-order valence-electron chi connectivity index (χ0n) is 26.0. The van der Waals surface area contributed by atoms with Crippen molar-refractivity contribution in [3.8, 4) is 22.6 Å². The van der Waals surface area contributed by atoms with Crippen molar-refractivity contribution in [3.63, 3.8) is 0 Å². The molecule has 0 radical (unpaired) electrons. The zero-order valence-corrected chi connectivity index (χ0v) is 26.0. The molecule has 4 aliphatic rings. The highest BCUT2D eigenvalue weighted by molar-refractivity contribution is 5.83. The highest BCUT2D eigenvalue weighted by Crippen LogP contribution is 2.61. The van der Waals surface area contributed by atoms with E-state index < -0.39 is 24.2 Å². The molecule has 8 nitrogen and oxygen atoms in total. The molecule has 1 aliphatic heterocycles. The molecule has 1 unspecified atom stereocenters. The molecule has 2 aromatic rings. The molecule has 6 rings (SSSR count). The molecular formula is C34H48N2O6. The van der Waals surface area contributed by atoms with Gasteiger partial charge in [-0.15, -0.1) is 0 Å². The molecule has 2 bridgehead atoms. The first kappa shape index (κ1) is 30.8. The maximum absolute atomic E-state index is 14.0. The summed E-state index contributed by atoms with van der Waals surface area (Å²) in [5.41, 5.74) is 2.99. The number of fused-ring (bicyclic) bond motifs is 2. The number of aliphatic hydroxyl groups is 2. The predicted octanol–water partition coefficient (Wildman–Crippen LogP) is 4.81. The van der Waals surface area contributed by atoms with Crippen LogP contribution in [0.1, 0.15) is 59.9 Å². The lowest BCUT2D eigenvalue weighted by molar-refractivity contribution is -0.183. The van der Waals surface area contributed by atoms with E-state index in [2.05, 4.69) is 26.1 Å². The van der Waals surface area contributed by atoms with Crippen LogP contribution in [0.4, 0.5) is 0 Å². The molecule has 0 spiro atoms. The number of nitrogens with zero attached hydrogens (tertiary/aromatic N) is 1. The van der Waals surface area contributed by atoms with Gasteiger partial charge < -0.3 is 25.0 Å². The number of hydroxylamine groups is 2. The molecule has 4 fully saturated rings. The Kier molecular flexibility index (Phi) is 8.91. The van der Waals surface area contributed by atoms with Crippen molar-refractivity contribution >= 4 is 5.91 Å². The lowest BCUT2D eigenvalue weighted by Gasteiger charge is -2.62. The van der Waals surface area contributed by atoms with E-state index in [9.17, 15) is 15.0 Å². The number of amides is 1. The first-order valence-electron chi connectivity index (χ1n) is 15.4. The van der Waals surface area contributed by atoms with E-state index in [1.165, 1.54) is 6.42 Å². The van der Waals surface area contributed by atoms with Crippen LogP contribution in [0.25, 0.3) is 11.1 Å². The molecule has 230 valence electrons. The summed E-state index contributed by atoms with van der Waals surface area (Å²) in [6, 6.07) is 13.1. The number of ether oxygens (including phenoxy) is 2. The number of nitrogens with one attached hydrogen (secondary N) is 1. The monoisotopic (exact) mass is 580 g/mol. The summed E-state index contributed by atoms with van der Waals surface area (Å²) in [5, 5.41) is 25.9.